The molecule has 5 heteroatoms. The van der Waals surface area contributed by atoms with Gasteiger partial charge in [0.1, 0.15) is 18.0 Å². The van der Waals surface area contributed by atoms with E-state index in [0.717, 1.165) is 30.5 Å². The highest BCUT2D eigenvalue weighted by Gasteiger charge is 1.98. The molecule has 94 valence electrons. The lowest BCUT2D eigenvalue weighted by Gasteiger charge is -2.07. The Morgan fingerprint density at radius 1 is 1.00 bits per heavy atom. The van der Waals surface area contributed by atoms with Crippen LogP contribution in [0.3, 0.4) is 0 Å². The van der Waals surface area contributed by atoms with Gasteiger partial charge in [-0.2, -0.15) is 12.6 Å². The Bertz CT molecular complexity index is 475. The lowest BCUT2D eigenvalue weighted by molar-refractivity contribution is 1.07. The van der Waals surface area contributed by atoms with Gasteiger partial charge in [0.25, 0.3) is 0 Å². The summed E-state index contributed by atoms with van der Waals surface area (Å²) in [4.78, 5) is 8.32. The second kappa shape index (κ2) is 6.86. The highest BCUT2D eigenvalue weighted by Crippen LogP contribution is 2.10. The van der Waals surface area contributed by atoms with Crippen molar-refractivity contribution in [3.8, 4) is 0 Å². The van der Waals surface area contributed by atoms with Crippen molar-refractivity contribution >= 4 is 24.3 Å². The molecule has 1 aromatic heterocycles. The van der Waals surface area contributed by atoms with E-state index in [1.165, 1.54) is 5.56 Å². The summed E-state index contributed by atoms with van der Waals surface area (Å²) < 4.78 is 0. The van der Waals surface area contributed by atoms with Gasteiger partial charge in [-0.3, -0.25) is 0 Å². The molecule has 2 aromatic rings. The van der Waals surface area contributed by atoms with Crippen LogP contribution in [0.4, 0.5) is 11.6 Å². The van der Waals surface area contributed by atoms with E-state index in [0.29, 0.717) is 0 Å². The van der Waals surface area contributed by atoms with Crippen molar-refractivity contribution in [2.45, 2.75) is 6.54 Å². The zero-order valence-corrected chi connectivity index (χ0v) is 10.9. The van der Waals surface area contributed by atoms with Crippen LogP contribution in [0.25, 0.3) is 0 Å². The van der Waals surface area contributed by atoms with E-state index >= 15 is 0 Å². The molecule has 0 saturated heterocycles. The maximum atomic E-state index is 4.18. The predicted octanol–water partition coefficient (Wildman–Crippen LogP) is 2.43. The molecule has 0 unspecified atom stereocenters. The van der Waals surface area contributed by atoms with E-state index in [4.69, 9.17) is 0 Å². The van der Waals surface area contributed by atoms with E-state index < -0.39 is 0 Å². The third kappa shape index (κ3) is 3.92. The summed E-state index contributed by atoms with van der Waals surface area (Å²) in [6, 6.07) is 12.1. The monoisotopic (exact) mass is 260 g/mol. The average molecular weight is 260 g/mol. The lowest BCUT2D eigenvalue weighted by atomic mass is 10.2. The molecule has 2 N–H and O–H groups in total. The minimum atomic E-state index is 0.754. The predicted molar refractivity (Wildman–Crippen MR) is 78.1 cm³/mol. The quantitative estimate of drug-likeness (QED) is 0.698. The standard InChI is InChI=1S/C13H16N4S/c18-7-6-14-12-8-13(17-10-16-12)15-9-11-4-2-1-3-5-11/h1-5,8,10,18H,6-7,9H2,(H2,14,15,16,17). The first-order valence-corrected chi connectivity index (χ1v) is 6.46. The van der Waals surface area contributed by atoms with Crippen LogP contribution in [0, 0.1) is 0 Å². The number of hydrogen-bond acceptors (Lipinski definition) is 5. The summed E-state index contributed by atoms with van der Waals surface area (Å²) in [5, 5.41) is 6.43. The largest absolute Gasteiger partial charge is 0.369 e. The van der Waals surface area contributed by atoms with Crippen LogP contribution in [0.1, 0.15) is 5.56 Å². The van der Waals surface area contributed by atoms with Crippen molar-refractivity contribution in [2.24, 2.45) is 0 Å². The van der Waals surface area contributed by atoms with Gasteiger partial charge in [-0.15, -0.1) is 0 Å². The molecule has 0 aliphatic rings. The Balaban J connectivity index is 1.93. The molecule has 0 aliphatic carbocycles. The van der Waals surface area contributed by atoms with Gasteiger partial charge < -0.3 is 10.6 Å². The highest BCUT2D eigenvalue weighted by molar-refractivity contribution is 7.80. The first-order chi connectivity index (χ1) is 8.88. The summed E-state index contributed by atoms with van der Waals surface area (Å²) >= 11 is 4.14. The molecular formula is C13H16N4S. The lowest BCUT2D eigenvalue weighted by Crippen LogP contribution is -2.06. The zero-order chi connectivity index (χ0) is 12.6. The molecule has 0 bridgehead atoms. The molecule has 0 saturated carbocycles. The fraction of sp³-hybridized carbons (Fsp3) is 0.231. The van der Waals surface area contributed by atoms with Gasteiger partial charge in [-0.1, -0.05) is 30.3 Å². The third-order valence-corrected chi connectivity index (χ3v) is 2.63. The van der Waals surface area contributed by atoms with Crippen molar-refractivity contribution < 1.29 is 0 Å². The molecular weight excluding hydrogens is 244 g/mol. The zero-order valence-electron chi connectivity index (χ0n) is 10.0. The highest BCUT2D eigenvalue weighted by atomic mass is 32.1. The van der Waals surface area contributed by atoms with Crippen molar-refractivity contribution in [3.63, 3.8) is 0 Å². The van der Waals surface area contributed by atoms with Crippen molar-refractivity contribution in [2.75, 3.05) is 22.9 Å². The minimum Gasteiger partial charge on any atom is -0.369 e. The average Bonchev–Trinajstić information content (AvgIpc) is 2.44. The Labute approximate surface area is 112 Å². The Morgan fingerprint density at radius 3 is 2.44 bits per heavy atom. The number of anilines is 2. The van der Waals surface area contributed by atoms with Crippen LogP contribution in [-0.4, -0.2) is 22.3 Å². The van der Waals surface area contributed by atoms with E-state index in [1.54, 1.807) is 6.33 Å². The van der Waals surface area contributed by atoms with Crippen molar-refractivity contribution in [1.29, 1.82) is 0 Å². The van der Waals surface area contributed by atoms with Crippen LogP contribution in [0.5, 0.6) is 0 Å². The Morgan fingerprint density at radius 2 is 1.72 bits per heavy atom. The second-order valence-electron chi connectivity index (χ2n) is 3.78. The SMILES string of the molecule is SCCNc1cc(NCc2ccccc2)ncn1. The number of rotatable bonds is 6. The molecule has 2 rings (SSSR count). The third-order valence-electron chi connectivity index (χ3n) is 2.40. The summed E-state index contributed by atoms with van der Waals surface area (Å²) in [6.07, 6.45) is 1.55. The van der Waals surface area contributed by atoms with Gasteiger partial charge in [-0.25, -0.2) is 9.97 Å². The van der Waals surface area contributed by atoms with Gasteiger partial charge >= 0.3 is 0 Å². The van der Waals surface area contributed by atoms with Crippen LogP contribution in [-0.2, 0) is 6.54 Å². The molecule has 4 nitrogen and oxygen atoms in total. The van der Waals surface area contributed by atoms with Crippen molar-refractivity contribution in [1.82, 2.24) is 9.97 Å². The number of thiol groups is 1. The smallest absolute Gasteiger partial charge is 0.131 e. The van der Waals surface area contributed by atoms with Crippen LogP contribution in [0.15, 0.2) is 42.7 Å². The molecule has 0 aliphatic heterocycles. The van der Waals surface area contributed by atoms with Gasteiger partial charge in [0.05, 0.1) is 0 Å². The minimum absolute atomic E-state index is 0.754. The van der Waals surface area contributed by atoms with Crippen LogP contribution >= 0.6 is 12.6 Å². The number of nitrogens with one attached hydrogen (secondary N) is 2. The van der Waals surface area contributed by atoms with Gasteiger partial charge in [0, 0.05) is 24.9 Å². The van der Waals surface area contributed by atoms with E-state index in [1.807, 2.05) is 24.3 Å². The Kier molecular flexibility index (Phi) is 4.84. The topological polar surface area (TPSA) is 49.8 Å². The molecule has 1 aromatic carbocycles. The maximum Gasteiger partial charge on any atom is 0.131 e. The summed E-state index contributed by atoms with van der Waals surface area (Å²) in [5.74, 6) is 2.40. The normalized spacial score (nSPS) is 10.1. The van der Waals surface area contributed by atoms with Crippen LogP contribution in [0.2, 0.25) is 0 Å². The first-order valence-electron chi connectivity index (χ1n) is 5.83. The fourth-order valence-corrected chi connectivity index (χ4v) is 1.63. The maximum absolute atomic E-state index is 4.18. The summed E-state index contributed by atoms with van der Waals surface area (Å²) in [5.41, 5.74) is 1.22. The van der Waals surface area contributed by atoms with E-state index in [2.05, 4.69) is 45.4 Å². The first kappa shape index (κ1) is 12.7. The van der Waals surface area contributed by atoms with Crippen LogP contribution < -0.4 is 10.6 Å². The molecule has 0 spiro atoms. The van der Waals surface area contributed by atoms with Gasteiger partial charge in [0.15, 0.2) is 0 Å². The number of benzene rings is 1. The number of hydrogen-bond donors (Lipinski definition) is 3. The van der Waals surface area contributed by atoms with E-state index in [-0.39, 0.29) is 0 Å². The molecule has 1 heterocycles. The second-order valence-corrected chi connectivity index (χ2v) is 4.23. The van der Waals surface area contributed by atoms with Gasteiger partial charge in [-0.05, 0) is 5.56 Å². The molecule has 0 fully saturated rings. The fourth-order valence-electron chi connectivity index (χ4n) is 1.52. The number of aromatic nitrogens is 2. The van der Waals surface area contributed by atoms with E-state index in [9.17, 15) is 0 Å². The molecule has 0 amide bonds. The van der Waals surface area contributed by atoms with Gasteiger partial charge in [0.2, 0.25) is 0 Å². The molecule has 0 atom stereocenters. The Hall–Kier alpha value is -1.75. The number of nitrogens with zero attached hydrogens (tertiary/aromatic N) is 2. The summed E-state index contributed by atoms with van der Waals surface area (Å²) in [6.45, 7) is 1.54. The van der Waals surface area contributed by atoms with Crippen molar-refractivity contribution in [3.05, 3.63) is 48.3 Å². The molecule has 18 heavy (non-hydrogen) atoms. The summed E-state index contributed by atoms with van der Waals surface area (Å²) in [7, 11) is 0. The molecule has 0 radical (unpaired) electrons.